The molecule has 0 bridgehead atoms. The van der Waals surface area contributed by atoms with Gasteiger partial charge >= 0.3 is 0 Å². The summed E-state index contributed by atoms with van der Waals surface area (Å²) in [6.07, 6.45) is 2.25. The number of nitrogens with two attached hydrogens (primary N) is 1. The number of benzene rings is 1. The lowest BCUT2D eigenvalue weighted by Gasteiger charge is -2.08. The Morgan fingerprint density at radius 3 is 2.54 bits per heavy atom. The average molecular weight is 393 g/mol. The zero-order valence-corrected chi connectivity index (χ0v) is 15.5. The second-order valence-corrected chi connectivity index (χ2v) is 7.71. The fourth-order valence-corrected chi connectivity index (χ4v) is 3.29. The monoisotopic (exact) mass is 392 g/mol. The highest BCUT2D eigenvalue weighted by Gasteiger charge is 2.18. The molecule has 26 heavy (non-hydrogen) atoms. The van der Waals surface area contributed by atoms with E-state index in [9.17, 15) is 13.2 Å². The van der Waals surface area contributed by atoms with E-state index in [1.54, 1.807) is 34.9 Å². The molecule has 3 rings (SSSR count). The summed E-state index contributed by atoms with van der Waals surface area (Å²) < 4.78 is 24.2. The van der Waals surface area contributed by atoms with Gasteiger partial charge in [0.05, 0.1) is 15.6 Å². The van der Waals surface area contributed by atoms with Gasteiger partial charge in [0.15, 0.2) is 0 Å². The number of hydrogen-bond acceptors (Lipinski definition) is 4. The minimum absolute atomic E-state index is 0.0253. The Hall–Kier alpha value is -2.42. The molecule has 0 atom stereocenters. The Morgan fingerprint density at radius 1 is 1.23 bits per heavy atom. The molecular formula is C17H17ClN4O3S. The van der Waals surface area contributed by atoms with Gasteiger partial charge in [-0.1, -0.05) is 30.7 Å². The van der Waals surface area contributed by atoms with Crippen LogP contribution in [-0.2, 0) is 23.0 Å². The third-order valence-electron chi connectivity index (χ3n) is 3.91. The molecule has 1 aromatic carbocycles. The molecular weight excluding hydrogens is 376 g/mol. The number of nitrogens with one attached hydrogen (secondary N) is 1. The lowest BCUT2D eigenvalue weighted by Crippen LogP contribution is -2.25. The number of aromatic nitrogens is 2. The van der Waals surface area contributed by atoms with E-state index in [1.165, 1.54) is 12.1 Å². The first-order chi connectivity index (χ1) is 12.3. The molecule has 0 radical (unpaired) electrons. The standard InChI is InChI=1S/C17H17ClN4O3S/c1-2-14-16(22-10-12(18)5-8-15(22)21-14)17(23)20-9-11-3-6-13(7-4-11)26(19,24)25/h3-8,10H,2,9H2,1H3,(H,20,23)(H2,19,24,25). The number of rotatable bonds is 5. The van der Waals surface area contributed by atoms with Crippen LogP contribution in [-0.4, -0.2) is 23.7 Å². The summed E-state index contributed by atoms with van der Waals surface area (Å²) in [5, 5.41) is 8.40. The molecule has 1 amide bonds. The summed E-state index contributed by atoms with van der Waals surface area (Å²) in [6, 6.07) is 9.49. The maximum Gasteiger partial charge on any atom is 0.270 e. The van der Waals surface area contributed by atoms with Crippen LogP contribution in [0.15, 0.2) is 47.5 Å². The van der Waals surface area contributed by atoms with Crippen molar-refractivity contribution in [3.05, 3.63) is 64.6 Å². The second kappa shape index (κ2) is 7.06. The highest BCUT2D eigenvalue weighted by atomic mass is 35.5. The highest BCUT2D eigenvalue weighted by Crippen LogP contribution is 2.17. The van der Waals surface area contributed by atoms with Crippen molar-refractivity contribution in [1.82, 2.24) is 14.7 Å². The number of primary sulfonamides is 1. The van der Waals surface area contributed by atoms with Crippen molar-refractivity contribution >= 4 is 33.2 Å². The fraction of sp³-hybridized carbons (Fsp3) is 0.176. The molecule has 0 fully saturated rings. The van der Waals surface area contributed by atoms with E-state index >= 15 is 0 Å². The van der Waals surface area contributed by atoms with E-state index in [0.29, 0.717) is 28.5 Å². The van der Waals surface area contributed by atoms with Crippen molar-refractivity contribution in [2.75, 3.05) is 0 Å². The third kappa shape index (κ3) is 3.72. The van der Waals surface area contributed by atoms with Gasteiger partial charge in [-0.3, -0.25) is 9.20 Å². The number of carbonyl (C=O) groups is 1. The van der Waals surface area contributed by atoms with E-state index in [-0.39, 0.29) is 17.3 Å². The predicted octanol–water partition coefficient (Wildman–Crippen LogP) is 2.13. The smallest absolute Gasteiger partial charge is 0.270 e. The van der Waals surface area contributed by atoms with Gasteiger partial charge in [0, 0.05) is 12.7 Å². The van der Waals surface area contributed by atoms with Crippen molar-refractivity contribution in [1.29, 1.82) is 0 Å². The minimum Gasteiger partial charge on any atom is -0.347 e. The minimum atomic E-state index is -3.74. The summed E-state index contributed by atoms with van der Waals surface area (Å²) >= 11 is 6.03. The summed E-state index contributed by atoms with van der Waals surface area (Å²) in [6.45, 7) is 2.16. The van der Waals surface area contributed by atoms with Gasteiger partial charge in [-0.25, -0.2) is 18.5 Å². The van der Waals surface area contributed by atoms with Gasteiger partial charge in [0.25, 0.3) is 5.91 Å². The Balaban J connectivity index is 1.82. The molecule has 3 N–H and O–H groups in total. The SMILES string of the molecule is CCc1nc2ccc(Cl)cn2c1C(=O)NCc1ccc(S(N)(=O)=O)cc1. The topological polar surface area (TPSA) is 107 Å². The summed E-state index contributed by atoms with van der Waals surface area (Å²) in [7, 11) is -3.74. The van der Waals surface area contributed by atoms with Crippen LogP contribution in [0.4, 0.5) is 0 Å². The Morgan fingerprint density at radius 2 is 1.92 bits per heavy atom. The largest absolute Gasteiger partial charge is 0.347 e. The molecule has 9 heteroatoms. The number of pyridine rings is 1. The number of fused-ring (bicyclic) bond motifs is 1. The second-order valence-electron chi connectivity index (χ2n) is 5.71. The first-order valence-corrected chi connectivity index (χ1v) is 9.78. The normalized spacial score (nSPS) is 11.7. The summed E-state index contributed by atoms with van der Waals surface area (Å²) in [5.41, 5.74) is 2.50. The molecule has 0 saturated carbocycles. The maximum atomic E-state index is 12.7. The zero-order valence-electron chi connectivity index (χ0n) is 13.9. The average Bonchev–Trinajstić information content (AvgIpc) is 2.97. The maximum absolute atomic E-state index is 12.7. The number of imidazole rings is 1. The number of hydrogen-bond donors (Lipinski definition) is 2. The van der Waals surface area contributed by atoms with Gasteiger partial charge in [-0.05, 0) is 36.2 Å². The fourth-order valence-electron chi connectivity index (χ4n) is 2.62. The molecule has 0 aliphatic rings. The van der Waals surface area contributed by atoms with E-state index < -0.39 is 10.0 Å². The van der Waals surface area contributed by atoms with Crippen LogP contribution in [0, 0.1) is 0 Å². The van der Waals surface area contributed by atoms with Crippen LogP contribution in [0.2, 0.25) is 5.02 Å². The van der Waals surface area contributed by atoms with Gasteiger partial charge in [0.1, 0.15) is 11.3 Å². The van der Waals surface area contributed by atoms with Gasteiger partial charge in [-0.15, -0.1) is 0 Å². The Bertz CT molecular complexity index is 1080. The Kier molecular flexibility index (Phi) is 4.99. The molecule has 2 heterocycles. The van der Waals surface area contributed by atoms with E-state index in [1.807, 2.05) is 6.92 Å². The zero-order chi connectivity index (χ0) is 18.9. The van der Waals surface area contributed by atoms with Crippen LogP contribution in [0.3, 0.4) is 0 Å². The van der Waals surface area contributed by atoms with Crippen molar-refractivity contribution < 1.29 is 13.2 Å². The van der Waals surface area contributed by atoms with Gasteiger partial charge < -0.3 is 5.32 Å². The molecule has 0 aliphatic carbocycles. The predicted molar refractivity (Wildman–Crippen MR) is 98.6 cm³/mol. The molecule has 0 aliphatic heterocycles. The number of carbonyl (C=O) groups excluding carboxylic acids is 1. The van der Waals surface area contributed by atoms with Crippen molar-refractivity contribution in [2.45, 2.75) is 24.8 Å². The first-order valence-electron chi connectivity index (χ1n) is 7.86. The third-order valence-corrected chi connectivity index (χ3v) is 5.06. The van der Waals surface area contributed by atoms with E-state index in [2.05, 4.69) is 10.3 Å². The lowest BCUT2D eigenvalue weighted by molar-refractivity contribution is 0.0944. The number of nitrogens with zero attached hydrogens (tertiary/aromatic N) is 2. The van der Waals surface area contributed by atoms with Crippen molar-refractivity contribution in [3.8, 4) is 0 Å². The molecule has 0 spiro atoms. The quantitative estimate of drug-likeness (QED) is 0.693. The van der Waals surface area contributed by atoms with Crippen LogP contribution in [0.25, 0.3) is 5.65 Å². The highest BCUT2D eigenvalue weighted by molar-refractivity contribution is 7.89. The Labute approximate surface area is 155 Å². The van der Waals surface area contributed by atoms with Crippen molar-refractivity contribution in [3.63, 3.8) is 0 Å². The molecule has 136 valence electrons. The number of aryl methyl sites for hydroxylation is 1. The van der Waals surface area contributed by atoms with Crippen LogP contribution in [0.5, 0.6) is 0 Å². The van der Waals surface area contributed by atoms with Crippen LogP contribution >= 0.6 is 11.6 Å². The molecule has 7 nitrogen and oxygen atoms in total. The number of amides is 1. The molecule has 3 aromatic rings. The summed E-state index contributed by atoms with van der Waals surface area (Å²) in [5.74, 6) is -0.285. The summed E-state index contributed by atoms with van der Waals surface area (Å²) in [4.78, 5) is 17.2. The lowest BCUT2D eigenvalue weighted by atomic mass is 10.2. The van der Waals surface area contributed by atoms with Crippen LogP contribution in [0.1, 0.15) is 28.7 Å². The van der Waals surface area contributed by atoms with Crippen LogP contribution < -0.4 is 10.5 Å². The number of sulfonamides is 1. The number of halogens is 1. The first kappa shape index (κ1) is 18.4. The van der Waals surface area contributed by atoms with Crippen molar-refractivity contribution in [2.24, 2.45) is 5.14 Å². The van der Waals surface area contributed by atoms with E-state index in [0.717, 1.165) is 5.56 Å². The molecule has 0 saturated heterocycles. The molecule has 2 aromatic heterocycles. The van der Waals surface area contributed by atoms with Gasteiger partial charge in [-0.2, -0.15) is 0 Å². The van der Waals surface area contributed by atoms with Gasteiger partial charge in [0.2, 0.25) is 10.0 Å². The van der Waals surface area contributed by atoms with E-state index in [4.69, 9.17) is 16.7 Å². The molecule has 0 unspecified atom stereocenters.